The van der Waals surface area contributed by atoms with Gasteiger partial charge in [-0.15, -0.1) is 11.3 Å². The lowest BCUT2D eigenvalue weighted by molar-refractivity contribution is -0.120. The van der Waals surface area contributed by atoms with E-state index in [2.05, 4.69) is 24.6 Å². The number of fused-ring (bicyclic) bond motifs is 1. The fourth-order valence-electron chi connectivity index (χ4n) is 3.70. The Morgan fingerprint density at radius 1 is 1.26 bits per heavy atom. The summed E-state index contributed by atoms with van der Waals surface area (Å²) >= 11 is 2.33. The van der Waals surface area contributed by atoms with Crippen LogP contribution in [0.5, 0.6) is 0 Å². The number of aryl methyl sites for hydroxylation is 2. The Hall–Kier alpha value is -3.78. The van der Waals surface area contributed by atoms with Crippen LogP contribution in [-0.4, -0.2) is 54.0 Å². The van der Waals surface area contributed by atoms with Crippen molar-refractivity contribution < 1.29 is 19.1 Å². The number of carboxylic acid groups (broad SMARTS) is 1. The summed E-state index contributed by atoms with van der Waals surface area (Å²) in [5.74, 6) is -2.83. The molecule has 0 aliphatic carbocycles. The molecule has 0 unspecified atom stereocenters. The first-order valence-corrected chi connectivity index (χ1v) is 11.6. The second kappa shape index (κ2) is 8.22. The molecule has 4 aromatic heterocycles. The molecule has 1 aliphatic heterocycles. The fraction of sp³-hybridized carbons (Fsp3) is 0.250. The number of halogens is 1. The van der Waals surface area contributed by atoms with Crippen LogP contribution in [0.15, 0.2) is 23.5 Å². The number of anilines is 2. The number of amides is 1. The Labute approximate surface area is 198 Å². The van der Waals surface area contributed by atoms with Crippen LogP contribution >= 0.6 is 22.9 Å². The monoisotopic (exact) mass is 501 g/mol. The standard InChI is InChI=1S/C20H16FN7O4S2/c1-8-3-22-19(33-8)26-17(30)10-4-27(5-10)16-13(21)9(2)12-14(29)11(18(31)32)6-28(15(12)25-16)20-23-7-24-34-20/h3,6-7,10H,4-5H2,1-2H3,(H,31,32)(H,22,26,30). The van der Waals surface area contributed by atoms with Crippen LogP contribution < -0.4 is 15.6 Å². The molecule has 1 aliphatic rings. The van der Waals surface area contributed by atoms with E-state index in [1.165, 1.54) is 29.2 Å². The zero-order chi connectivity index (χ0) is 24.1. The zero-order valence-corrected chi connectivity index (χ0v) is 19.4. The van der Waals surface area contributed by atoms with Crippen molar-refractivity contribution in [3.63, 3.8) is 0 Å². The molecule has 0 aromatic carbocycles. The summed E-state index contributed by atoms with van der Waals surface area (Å²) in [6.07, 6.45) is 4.06. The summed E-state index contributed by atoms with van der Waals surface area (Å²) in [5, 5.41) is 12.9. The average molecular weight is 502 g/mol. The SMILES string of the molecule is Cc1cnc(NC(=O)C2CN(c3nc4c(c(C)c3F)c(=O)c(C(=O)O)cn4-c3ncns3)C2)s1. The van der Waals surface area contributed by atoms with Crippen molar-refractivity contribution in [3.8, 4) is 5.13 Å². The van der Waals surface area contributed by atoms with E-state index in [1.807, 2.05) is 6.92 Å². The number of aromatic carboxylic acids is 1. The number of carbonyl (C=O) groups excluding carboxylic acids is 1. The van der Waals surface area contributed by atoms with E-state index in [0.29, 0.717) is 5.13 Å². The molecule has 0 atom stereocenters. The van der Waals surface area contributed by atoms with Gasteiger partial charge in [-0.2, -0.15) is 4.37 Å². The average Bonchev–Trinajstić information content (AvgIpc) is 3.42. The Morgan fingerprint density at radius 3 is 2.65 bits per heavy atom. The van der Waals surface area contributed by atoms with E-state index in [0.717, 1.165) is 22.6 Å². The molecule has 14 heteroatoms. The van der Waals surface area contributed by atoms with Gasteiger partial charge in [-0.1, -0.05) is 0 Å². The van der Waals surface area contributed by atoms with Crippen LogP contribution in [0, 0.1) is 25.6 Å². The molecule has 5 rings (SSSR count). The Balaban J connectivity index is 1.52. The van der Waals surface area contributed by atoms with Gasteiger partial charge >= 0.3 is 5.97 Å². The minimum Gasteiger partial charge on any atom is -0.477 e. The number of rotatable bonds is 5. The number of nitrogens with zero attached hydrogens (tertiary/aromatic N) is 6. The minimum absolute atomic E-state index is 0.0279. The van der Waals surface area contributed by atoms with Gasteiger partial charge in [-0.05, 0) is 13.8 Å². The first-order chi connectivity index (χ1) is 16.2. The molecule has 0 radical (unpaired) electrons. The topological polar surface area (TPSA) is 143 Å². The molecule has 4 aromatic rings. The predicted molar refractivity (Wildman–Crippen MR) is 124 cm³/mol. The van der Waals surface area contributed by atoms with E-state index in [4.69, 9.17) is 0 Å². The van der Waals surface area contributed by atoms with Gasteiger partial charge in [0.25, 0.3) is 0 Å². The van der Waals surface area contributed by atoms with E-state index in [-0.39, 0.29) is 52.5 Å². The highest BCUT2D eigenvalue weighted by molar-refractivity contribution is 7.15. The highest BCUT2D eigenvalue weighted by Crippen LogP contribution is 2.32. The molecule has 0 saturated carbocycles. The molecular formula is C20H16FN7O4S2. The highest BCUT2D eigenvalue weighted by atomic mass is 32.1. The number of carboxylic acids is 1. The Bertz CT molecular complexity index is 1510. The summed E-state index contributed by atoms with van der Waals surface area (Å²) in [7, 11) is 0. The van der Waals surface area contributed by atoms with Crippen LogP contribution in [-0.2, 0) is 4.79 Å². The quantitative estimate of drug-likeness (QED) is 0.421. The smallest absolute Gasteiger partial charge is 0.341 e. The summed E-state index contributed by atoms with van der Waals surface area (Å²) in [4.78, 5) is 52.1. The molecule has 0 bridgehead atoms. The molecule has 2 N–H and O–H groups in total. The van der Waals surface area contributed by atoms with Gasteiger partial charge in [0, 0.05) is 47.5 Å². The number of thiazole rings is 1. The van der Waals surface area contributed by atoms with Crippen molar-refractivity contribution in [3.05, 3.63) is 50.8 Å². The van der Waals surface area contributed by atoms with Gasteiger partial charge in [-0.25, -0.2) is 24.1 Å². The van der Waals surface area contributed by atoms with E-state index in [9.17, 15) is 19.5 Å². The first-order valence-electron chi connectivity index (χ1n) is 9.98. The number of nitrogens with one attached hydrogen (secondary N) is 1. The lowest BCUT2D eigenvalue weighted by Gasteiger charge is -2.39. The Morgan fingerprint density at radius 2 is 2.03 bits per heavy atom. The van der Waals surface area contributed by atoms with Crippen molar-refractivity contribution >= 4 is 56.7 Å². The lowest BCUT2D eigenvalue weighted by atomic mass is 9.98. The predicted octanol–water partition coefficient (Wildman–Crippen LogP) is 2.22. The Kier molecular flexibility index (Phi) is 5.32. The molecule has 11 nitrogen and oxygen atoms in total. The normalized spacial score (nSPS) is 13.8. The maximum Gasteiger partial charge on any atom is 0.341 e. The van der Waals surface area contributed by atoms with Crippen molar-refractivity contribution in [2.24, 2.45) is 5.92 Å². The van der Waals surface area contributed by atoms with Gasteiger partial charge in [0.05, 0.1) is 11.3 Å². The van der Waals surface area contributed by atoms with Gasteiger partial charge in [-0.3, -0.25) is 14.2 Å². The fourth-order valence-corrected chi connectivity index (χ4v) is 4.88. The number of pyridine rings is 2. The van der Waals surface area contributed by atoms with Crippen LogP contribution in [0.25, 0.3) is 16.2 Å². The largest absolute Gasteiger partial charge is 0.477 e. The first kappa shape index (κ1) is 22.0. The molecule has 1 amide bonds. The molecule has 34 heavy (non-hydrogen) atoms. The molecule has 174 valence electrons. The molecule has 1 fully saturated rings. The van der Waals surface area contributed by atoms with Crippen LogP contribution in [0.4, 0.5) is 15.3 Å². The number of aromatic nitrogens is 5. The summed E-state index contributed by atoms with van der Waals surface area (Å²) < 4.78 is 20.6. The third-order valence-electron chi connectivity index (χ3n) is 5.48. The maximum atomic E-state index is 15.3. The van der Waals surface area contributed by atoms with E-state index in [1.54, 1.807) is 11.1 Å². The van der Waals surface area contributed by atoms with E-state index < -0.39 is 22.8 Å². The summed E-state index contributed by atoms with van der Waals surface area (Å²) in [5.41, 5.74) is -1.33. The van der Waals surface area contributed by atoms with Crippen molar-refractivity contribution in [2.75, 3.05) is 23.3 Å². The highest BCUT2D eigenvalue weighted by Gasteiger charge is 2.36. The summed E-state index contributed by atoms with van der Waals surface area (Å²) in [6.45, 7) is 3.73. The van der Waals surface area contributed by atoms with Gasteiger partial charge in [0.1, 0.15) is 11.9 Å². The van der Waals surface area contributed by atoms with Gasteiger partial charge in [0.15, 0.2) is 22.4 Å². The molecular weight excluding hydrogens is 485 g/mol. The third kappa shape index (κ3) is 3.60. The molecule has 0 spiro atoms. The van der Waals surface area contributed by atoms with Crippen LogP contribution in [0.2, 0.25) is 0 Å². The van der Waals surface area contributed by atoms with Crippen molar-refractivity contribution in [1.29, 1.82) is 0 Å². The second-order valence-electron chi connectivity index (χ2n) is 7.71. The van der Waals surface area contributed by atoms with Crippen molar-refractivity contribution in [2.45, 2.75) is 13.8 Å². The van der Waals surface area contributed by atoms with Gasteiger partial charge < -0.3 is 15.3 Å². The third-order valence-corrected chi connectivity index (χ3v) is 6.98. The number of hydrogen-bond acceptors (Lipinski definition) is 10. The van der Waals surface area contributed by atoms with E-state index >= 15 is 4.39 Å². The summed E-state index contributed by atoms with van der Waals surface area (Å²) in [6, 6.07) is 0. The van der Waals surface area contributed by atoms with Crippen molar-refractivity contribution in [1.82, 2.24) is 23.9 Å². The molecule has 5 heterocycles. The van der Waals surface area contributed by atoms with Gasteiger partial charge in [0.2, 0.25) is 16.5 Å². The zero-order valence-electron chi connectivity index (χ0n) is 17.8. The lowest BCUT2D eigenvalue weighted by Crippen LogP contribution is -2.53. The van der Waals surface area contributed by atoms with Crippen LogP contribution in [0.1, 0.15) is 20.8 Å². The molecule has 1 saturated heterocycles. The van der Waals surface area contributed by atoms with Crippen LogP contribution in [0.3, 0.4) is 0 Å². The minimum atomic E-state index is -1.44. The number of hydrogen-bond donors (Lipinski definition) is 2. The number of carbonyl (C=O) groups is 2. The maximum absolute atomic E-state index is 15.3. The second-order valence-corrected chi connectivity index (χ2v) is 9.70.